The lowest BCUT2D eigenvalue weighted by atomic mass is 9.80. The number of amides is 1. The Hall–Kier alpha value is -1.92. The van der Waals surface area contributed by atoms with Crippen molar-refractivity contribution in [2.45, 2.75) is 57.0 Å². The number of nitrogens with one attached hydrogen (secondary N) is 2. The molecule has 1 saturated heterocycles. The molecule has 7 heteroatoms. The van der Waals surface area contributed by atoms with Gasteiger partial charge in [-0.05, 0) is 56.7 Å². The van der Waals surface area contributed by atoms with Crippen molar-refractivity contribution in [1.82, 2.24) is 25.6 Å². The molecule has 152 valence electrons. The number of nitrogens with zero attached hydrogens (tertiary/aromatic N) is 3. The summed E-state index contributed by atoms with van der Waals surface area (Å²) >= 11 is 0. The molecule has 6 nitrogen and oxygen atoms in total. The predicted octanol–water partition coefficient (Wildman–Crippen LogP) is 3.16. The Morgan fingerprint density at radius 1 is 1.11 bits per heavy atom. The van der Waals surface area contributed by atoms with E-state index >= 15 is 0 Å². The fourth-order valence-electron chi connectivity index (χ4n) is 4.43. The molecule has 1 aliphatic carbocycles. The second-order valence-corrected chi connectivity index (χ2v) is 7.88. The first-order chi connectivity index (χ1) is 13.3. The summed E-state index contributed by atoms with van der Waals surface area (Å²) < 4.78 is 1.87. The van der Waals surface area contributed by atoms with Crippen molar-refractivity contribution in [2.24, 2.45) is 5.92 Å². The highest BCUT2D eigenvalue weighted by Gasteiger charge is 2.28. The van der Waals surface area contributed by atoms with Gasteiger partial charge in [0.2, 0.25) is 0 Å². The van der Waals surface area contributed by atoms with Crippen molar-refractivity contribution in [3.63, 3.8) is 0 Å². The third-order valence-corrected chi connectivity index (χ3v) is 5.99. The molecular weight excluding hydrogens is 374 g/mol. The molecule has 2 fully saturated rings. The maximum absolute atomic E-state index is 12.8. The van der Waals surface area contributed by atoms with Crippen LogP contribution in [0, 0.1) is 5.92 Å². The Labute approximate surface area is 172 Å². The summed E-state index contributed by atoms with van der Waals surface area (Å²) in [7, 11) is 0. The van der Waals surface area contributed by atoms with E-state index < -0.39 is 0 Å². The molecule has 2 heterocycles. The van der Waals surface area contributed by atoms with Crippen molar-refractivity contribution in [3.8, 4) is 0 Å². The first kappa shape index (κ1) is 20.8. The average Bonchev–Trinajstić information content (AvgIpc) is 3.21. The number of piperidine rings is 1. The summed E-state index contributed by atoms with van der Waals surface area (Å²) in [6.07, 6.45) is 9.55. The molecular formula is C21H30ClN5O. The van der Waals surface area contributed by atoms with Gasteiger partial charge in [0.25, 0.3) is 5.91 Å². The first-order valence-corrected chi connectivity index (χ1v) is 10.3. The highest BCUT2D eigenvalue weighted by Crippen LogP contribution is 2.28. The largest absolute Gasteiger partial charge is 0.348 e. The third kappa shape index (κ3) is 5.11. The smallest absolute Gasteiger partial charge is 0.273 e. The molecule has 2 aromatic rings. The number of halogens is 1. The molecule has 28 heavy (non-hydrogen) atoms. The maximum Gasteiger partial charge on any atom is 0.273 e. The van der Waals surface area contributed by atoms with Gasteiger partial charge in [-0.1, -0.05) is 48.4 Å². The van der Waals surface area contributed by atoms with Crippen molar-refractivity contribution in [1.29, 1.82) is 0 Å². The lowest BCUT2D eigenvalue weighted by molar-refractivity contribution is 0.0900. The summed E-state index contributed by atoms with van der Waals surface area (Å²) in [4.78, 5) is 12.8. The zero-order valence-electron chi connectivity index (χ0n) is 16.2. The molecule has 2 aliphatic rings. The van der Waals surface area contributed by atoms with Crippen LogP contribution in [-0.4, -0.2) is 40.0 Å². The number of aromatic nitrogens is 3. The SMILES string of the molecule is Cl.O=C(NC1CCCCC1Cc1ccccc1)c1cn(C2CCNCC2)nn1. The van der Waals surface area contributed by atoms with E-state index in [1.54, 1.807) is 0 Å². The second-order valence-electron chi connectivity index (χ2n) is 7.88. The molecule has 2 N–H and O–H groups in total. The number of benzene rings is 1. The van der Waals surface area contributed by atoms with Gasteiger partial charge in [-0.3, -0.25) is 4.79 Å². The van der Waals surface area contributed by atoms with Gasteiger partial charge in [0.05, 0.1) is 12.2 Å². The van der Waals surface area contributed by atoms with Gasteiger partial charge in [0.1, 0.15) is 0 Å². The fourth-order valence-corrected chi connectivity index (χ4v) is 4.43. The minimum Gasteiger partial charge on any atom is -0.348 e. The number of hydrogen-bond donors (Lipinski definition) is 2. The Balaban J connectivity index is 0.00000225. The quantitative estimate of drug-likeness (QED) is 0.804. The molecule has 0 spiro atoms. The number of carbonyl (C=O) groups excluding carboxylic acids is 1. The van der Waals surface area contributed by atoms with Gasteiger partial charge in [-0.25, -0.2) is 4.68 Å². The summed E-state index contributed by atoms with van der Waals surface area (Å²) in [5.74, 6) is 0.407. The van der Waals surface area contributed by atoms with Crippen LogP contribution < -0.4 is 10.6 Å². The number of hydrogen-bond acceptors (Lipinski definition) is 4. The molecule has 1 aromatic heterocycles. The third-order valence-electron chi connectivity index (χ3n) is 5.99. The van der Waals surface area contributed by atoms with Crippen LogP contribution >= 0.6 is 12.4 Å². The maximum atomic E-state index is 12.8. The van der Waals surface area contributed by atoms with Crippen LogP contribution in [0.3, 0.4) is 0 Å². The zero-order valence-corrected chi connectivity index (χ0v) is 17.0. The fraction of sp³-hybridized carbons (Fsp3) is 0.571. The van der Waals surface area contributed by atoms with Crippen LogP contribution in [0.1, 0.15) is 60.6 Å². The van der Waals surface area contributed by atoms with Crippen molar-refractivity contribution in [2.75, 3.05) is 13.1 Å². The van der Waals surface area contributed by atoms with Gasteiger partial charge in [0, 0.05) is 6.04 Å². The molecule has 1 aromatic carbocycles. The van der Waals surface area contributed by atoms with Gasteiger partial charge < -0.3 is 10.6 Å². The Kier molecular flexibility index (Phi) is 7.45. The van der Waals surface area contributed by atoms with E-state index in [4.69, 9.17) is 0 Å². The minimum absolute atomic E-state index is 0. The van der Waals surface area contributed by atoms with Crippen LogP contribution in [-0.2, 0) is 6.42 Å². The summed E-state index contributed by atoms with van der Waals surface area (Å²) in [5.41, 5.74) is 1.79. The lowest BCUT2D eigenvalue weighted by Crippen LogP contribution is -2.43. The molecule has 0 bridgehead atoms. The van der Waals surface area contributed by atoms with E-state index in [2.05, 4.69) is 51.3 Å². The summed E-state index contributed by atoms with van der Waals surface area (Å²) in [5, 5.41) is 15.0. The van der Waals surface area contributed by atoms with Crippen LogP contribution in [0.15, 0.2) is 36.5 Å². The monoisotopic (exact) mass is 403 g/mol. The van der Waals surface area contributed by atoms with Gasteiger partial charge in [-0.2, -0.15) is 0 Å². The van der Waals surface area contributed by atoms with E-state index in [9.17, 15) is 4.79 Å². The molecule has 2 unspecified atom stereocenters. The van der Waals surface area contributed by atoms with Crippen LogP contribution in [0.25, 0.3) is 0 Å². The van der Waals surface area contributed by atoms with E-state index in [1.807, 2.05) is 10.9 Å². The minimum atomic E-state index is -0.0832. The van der Waals surface area contributed by atoms with Crippen LogP contribution in [0.5, 0.6) is 0 Å². The highest BCUT2D eigenvalue weighted by atomic mass is 35.5. The summed E-state index contributed by atoms with van der Waals surface area (Å²) in [6, 6.07) is 11.2. The summed E-state index contributed by atoms with van der Waals surface area (Å²) in [6.45, 7) is 1.99. The van der Waals surface area contributed by atoms with Crippen molar-refractivity contribution >= 4 is 18.3 Å². The molecule has 0 radical (unpaired) electrons. The zero-order chi connectivity index (χ0) is 18.5. The van der Waals surface area contributed by atoms with Crippen LogP contribution in [0.4, 0.5) is 0 Å². The Morgan fingerprint density at radius 2 is 1.86 bits per heavy atom. The topological polar surface area (TPSA) is 71.8 Å². The van der Waals surface area contributed by atoms with E-state index in [1.165, 1.54) is 24.8 Å². The highest BCUT2D eigenvalue weighted by molar-refractivity contribution is 5.92. The molecule has 1 aliphatic heterocycles. The average molecular weight is 404 g/mol. The molecule has 1 saturated carbocycles. The van der Waals surface area contributed by atoms with Gasteiger partial charge in [0.15, 0.2) is 5.69 Å². The number of carbonyl (C=O) groups is 1. The van der Waals surface area contributed by atoms with E-state index in [0.29, 0.717) is 17.7 Å². The lowest BCUT2D eigenvalue weighted by Gasteiger charge is -2.32. The molecule has 1 amide bonds. The standard InChI is InChI=1S/C21H29N5O.ClH/c27-21(20-15-26(25-24-20)18-10-12-22-13-11-18)23-19-9-5-4-8-17(19)14-16-6-2-1-3-7-16;/h1-3,6-7,15,17-19,22H,4-5,8-14H2,(H,23,27);1H. The molecule has 4 rings (SSSR count). The number of rotatable bonds is 5. The normalized spacial score (nSPS) is 23.0. The van der Waals surface area contributed by atoms with E-state index in [-0.39, 0.29) is 24.4 Å². The molecule has 2 atom stereocenters. The Bertz CT molecular complexity index is 744. The first-order valence-electron chi connectivity index (χ1n) is 10.3. The second kappa shape index (κ2) is 10.0. The van der Waals surface area contributed by atoms with Gasteiger partial charge in [-0.15, -0.1) is 17.5 Å². The van der Waals surface area contributed by atoms with E-state index in [0.717, 1.165) is 38.8 Å². The predicted molar refractivity (Wildman–Crippen MR) is 112 cm³/mol. The van der Waals surface area contributed by atoms with Gasteiger partial charge >= 0.3 is 0 Å². The Morgan fingerprint density at radius 3 is 2.64 bits per heavy atom. The van der Waals surface area contributed by atoms with Crippen LogP contribution in [0.2, 0.25) is 0 Å². The van der Waals surface area contributed by atoms with Crippen molar-refractivity contribution in [3.05, 3.63) is 47.8 Å². The van der Waals surface area contributed by atoms with Crippen molar-refractivity contribution < 1.29 is 4.79 Å².